The molecule has 18 bridgehead atoms. The normalized spacial score (nSPS) is 41.2. The van der Waals surface area contributed by atoms with Gasteiger partial charge in [0.25, 0.3) is 0 Å². The van der Waals surface area contributed by atoms with Crippen LogP contribution in [0.15, 0.2) is 0 Å². The van der Waals surface area contributed by atoms with E-state index in [0.717, 1.165) is 257 Å². The van der Waals surface area contributed by atoms with Gasteiger partial charge in [0.15, 0.2) is 0 Å². The molecule has 4 nitrogen and oxygen atoms in total. The van der Waals surface area contributed by atoms with Gasteiger partial charge in [0.05, 0.1) is 37.1 Å². The molecule has 15 atom stereocenters. The molecule has 0 aromatic heterocycles. The zero-order valence-electron chi connectivity index (χ0n) is 105. The lowest BCUT2D eigenvalue weighted by atomic mass is 9.30. The van der Waals surface area contributed by atoms with Gasteiger partial charge in [0, 0.05) is 18.1 Å². The maximum absolute atomic E-state index is 6.19. The summed E-state index contributed by atoms with van der Waals surface area (Å²) in [5.41, 5.74) is 8.43. The van der Waals surface area contributed by atoms with Gasteiger partial charge in [0.2, 0.25) is 0 Å². The Kier molecular flexibility index (Phi) is 43.9. The zero-order valence-corrected chi connectivity index (χ0v) is 105. The maximum atomic E-state index is 6.19. The van der Waals surface area contributed by atoms with Gasteiger partial charge in [-0.15, -0.1) is 0 Å². The fraction of sp³-hybridized carbons (Fsp3) is 1.00. The average Bonchev–Trinajstić information content (AvgIpc) is 1.04. The minimum absolute atomic E-state index is 0.247. The molecule has 7 heterocycles. The van der Waals surface area contributed by atoms with Crippen molar-refractivity contribution in [3.8, 4) is 0 Å². The fourth-order valence-electron chi connectivity index (χ4n) is 37.1. The van der Waals surface area contributed by atoms with Gasteiger partial charge in [-0.05, 0) is 527 Å². The molecule has 0 spiro atoms. The van der Waals surface area contributed by atoms with Gasteiger partial charge in [-0.25, -0.2) is 0 Å². The Balaban J connectivity index is 0.000000161. The van der Waals surface area contributed by atoms with Gasteiger partial charge in [-0.3, -0.25) is 4.90 Å². The van der Waals surface area contributed by atoms with Crippen LogP contribution in [0.5, 0.6) is 0 Å². The highest BCUT2D eigenvalue weighted by atomic mass is 16.5. The molecule has 24 aliphatic rings. The summed E-state index contributed by atoms with van der Waals surface area (Å²) >= 11 is 0. The Hall–Kier alpha value is -0.160. The molecule has 17 aliphatic carbocycles. The van der Waals surface area contributed by atoms with Gasteiger partial charge in [0.1, 0.15) is 0 Å². The van der Waals surface area contributed by atoms with Crippen LogP contribution in [0.4, 0.5) is 0 Å². The number of fused-ring (bicyclic) bond motifs is 17. The first kappa shape index (κ1) is 124. The first-order valence-corrected chi connectivity index (χ1v) is 64.7. The van der Waals surface area contributed by atoms with E-state index in [1.165, 1.54) is 257 Å². The van der Waals surface area contributed by atoms with E-state index in [1.54, 1.807) is 19.3 Å². The Morgan fingerprint density at radius 1 is 0.211 bits per heavy atom. The summed E-state index contributed by atoms with van der Waals surface area (Å²) in [5, 5.41) is 0. The number of ether oxygens (including phenoxy) is 3. The molecule has 17 saturated carbocycles. The van der Waals surface area contributed by atoms with E-state index in [2.05, 4.69) is 310 Å². The smallest absolute Gasteiger partial charge is 0.0706 e. The van der Waals surface area contributed by atoms with Gasteiger partial charge in [-0.2, -0.15) is 0 Å². The molecule has 7 saturated heterocycles. The third kappa shape index (κ3) is 27.5. The minimum atomic E-state index is 0.247. The molecular formula is C138H259NO3. The Morgan fingerprint density at radius 3 is 0.711 bits per heavy atom. The monoisotopic (exact) mass is 1980 g/mol. The van der Waals surface area contributed by atoms with Crippen molar-refractivity contribution in [1.82, 2.24) is 4.90 Å². The Bertz CT molecular complexity index is 3210. The van der Waals surface area contributed by atoms with Gasteiger partial charge >= 0.3 is 0 Å². The van der Waals surface area contributed by atoms with Crippen LogP contribution >= 0.6 is 0 Å². The van der Waals surface area contributed by atoms with Crippen LogP contribution in [-0.4, -0.2) is 60.2 Å². The largest absolute Gasteiger partial charge is 0.378 e. The molecule has 13 unspecified atom stereocenters. The van der Waals surface area contributed by atoms with Crippen molar-refractivity contribution in [3.63, 3.8) is 0 Å². The summed E-state index contributed by atoms with van der Waals surface area (Å²) in [5.74, 6) is 28.2. The van der Waals surface area contributed by atoms with Crippen molar-refractivity contribution < 1.29 is 14.2 Å². The second-order valence-electron chi connectivity index (χ2n) is 64.1. The lowest BCUT2D eigenvalue weighted by Gasteiger charge is -2.75. The van der Waals surface area contributed by atoms with Crippen LogP contribution in [0.1, 0.15) is 581 Å². The average molecular weight is 1980 g/mol. The van der Waals surface area contributed by atoms with E-state index >= 15 is 0 Å². The van der Waals surface area contributed by atoms with E-state index in [9.17, 15) is 0 Å². The summed E-state index contributed by atoms with van der Waals surface area (Å²) in [6.07, 6.45) is 65.3. The molecule has 0 amide bonds. The first-order valence-electron chi connectivity index (χ1n) is 64.7. The van der Waals surface area contributed by atoms with Crippen molar-refractivity contribution in [2.24, 2.45) is 243 Å². The highest BCUT2D eigenvalue weighted by Gasteiger charge is 2.69. The van der Waals surface area contributed by atoms with Gasteiger partial charge in [-0.1, -0.05) is 297 Å². The summed E-state index contributed by atoms with van der Waals surface area (Å²) in [6, 6.07) is 2.60. The molecule has 0 radical (unpaired) electrons. The predicted octanol–water partition coefficient (Wildman–Crippen LogP) is 42.0. The minimum Gasteiger partial charge on any atom is -0.378 e. The second kappa shape index (κ2) is 50.4. The summed E-state index contributed by atoms with van der Waals surface area (Å²) in [4.78, 5) is 2.79. The van der Waals surface area contributed by atoms with E-state index in [4.69, 9.17) is 14.2 Å². The summed E-state index contributed by atoms with van der Waals surface area (Å²) in [6.45, 7) is 107. The number of rotatable bonds is 22. The zero-order chi connectivity index (χ0) is 106. The van der Waals surface area contributed by atoms with Crippen molar-refractivity contribution in [3.05, 3.63) is 0 Å². The fourth-order valence-corrected chi connectivity index (χ4v) is 37.1. The molecule has 0 aromatic carbocycles. The Labute approximate surface area is 892 Å². The third-order valence-electron chi connectivity index (χ3n) is 51.2. The van der Waals surface area contributed by atoms with E-state index in [-0.39, 0.29) is 5.60 Å². The van der Waals surface area contributed by atoms with Crippen LogP contribution in [-0.2, 0) is 14.2 Å². The van der Waals surface area contributed by atoms with Crippen LogP contribution in [0.2, 0.25) is 0 Å². The molecule has 0 N–H and O–H groups in total. The van der Waals surface area contributed by atoms with Crippen LogP contribution in [0.3, 0.4) is 0 Å². The lowest BCUT2D eigenvalue weighted by Crippen LogP contribution is -2.66. The standard InChI is InChI=1S/2C14H26.C13H25N.C13H24O.2C13H24.C12H22O.C12H22.C12H24.C11H22O.C11H20/c1-11(2)13-5-8-14(9-6-13,10-7-13)12(3)4;1-11(2)13-6-5-7-14(10-13,9-8-13)12(3)4;1-9(2)11-7-12-5-6-13(8-11)14(12)10(3)4;1-10(2)12-5-7-13(8-6-12,11(3)4)14-9-12;1-8(2)12-6-11-5-10(12)7-13(11)9(3)4;1-10(2)12-5-7-13(9-12,8-6-12)11(3)4;1-7(2)9-5-12-10(8(3)4)6-11(9)13-12;1-9(2)11-5-6-12(7-11,8-11)10(3)4;1-9(2)11-5-7-12(8-6-11)10(3)4;1-8(2)10-5-6-11(9(3)4)12-7-10;1-8(2)10-5-11(6-10,7-10)9(3)4/h2*11-12H,5-10H2,1-4H3;9-13H,5-8H2,1-4H3;10-11H,5-9H2,1-4H3;8-13H,5-7H2,1-4H3;10-11H,5-9H2,1-4H3;7-12H,5-6H2,1-4H3;9-10H,5-8H2,1-4H3;9-12H,5-8H2,1-4H3;8-11H,5-7H2,1-4H3;8-9H,5-7H2,1-4H3/t;;11?,12-,13+;;;;;;;;. The van der Waals surface area contributed by atoms with Gasteiger partial charge < -0.3 is 14.2 Å². The van der Waals surface area contributed by atoms with Crippen molar-refractivity contribution >= 4 is 0 Å². The molecule has 24 rings (SSSR count). The number of hydrogen-bond donors (Lipinski definition) is 0. The topological polar surface area (TPSA) is 30.9 Å². The molecule has 0 aromatic rings. The predicted molar refractivity (Wildman–Crippen MR) is 623 cm³/mol. The van der Waals surface area contributed by atoms with Crippen LogP contribution in [0.25, 0.3) is 0 Å². The van der Waals surface area contributed by atoms with Crippen molar-refractivity contribution in [1.29, 1.82) is 0 Å². The summed E-state index contributed by atoms with van der Waals surface area (Å²) in [7, 11) is 0. The Morgan fingerprint density at radius 2 is 0.486 bits per heavy atom. The SMILES string of the molecule is CC(C)C12CC(C(C)C)(C1)C2.CC(C)C12CCC(C(C)C)(C1)C2.CC(C)C12CCC(C(C)C)(CC1)C2.CC(C)C12CCC(C(C)C)(CC1)CC2.CC(C)C12CCC(C(C)C)(CC1)OC2.CC(C)C12CCCC(C(C)C)(CC1)C2.CC(C)C1CC2CC1CC2C(C)C.CC(C)C1CC2OC1CC2C(C)C.CC(C)C1CCC(C(C)C)CC1.CC(C)C1CCC(C(C)C)OC1.CC(C)C1C[C@H]2CC[C@@H](C1)N2C(C)C. The number of piperidine rings is 1. The summed E-state index contributed by atoms with van der Waals surface area (Å²) < 4.78 is 18.0. The molecule has 142 heavy (non-hydrogen) atoms. The lowest BCUT2D eigenvalue weighted by molar-refractivity contribution is -0.252. The highest BCUT2D eigenvalue weighted by molar-refractivity contribution is 5.19. The van der Waals surface area contributed by atoms with Crippen molar-refractivity contribution in [2.75, 3.05) is 13.2 Å². The van der Waals surface area contributed by atoms with E-state index in [0.29, 0.717) is 35.6 Å². The second-order valence-corrected chi connectivity index (χ2v) is 64.1. The maximum Gasteiger partial charge on any atom is 0.0706 e. The van der Waals surface area contributed by atoms with Crippen molar-refractivity contribution in [2.45, 2.75) is 623 Å². The van der Waals surface area contributed by atoms with E-state index in [1.807, 2.05) is 0 Å². The molecule has 4 heteroatoms. The number of nitrogens with zero attached hydrogens (tertiary/aromatic N) is 1. The third-order valence-corrected chi connectivity index (χ3v) is 51.2. The molecular weight excluding hydrogens is 1720 g/mol. The molecule has 24 fully saturated rings. The van der Waals surface area contributed by atoms with Crippen LogP contribution in [0, 0.1) is 243 Å². The molecule has 7 aliphatic heterocycles. The quantitative estimate of drug-likeness (QED) is 0.108. The van der Waals surface area contributed by atoms with Crippen LogP contribution < -0.4 is 0 Å². The van der Waals surface area contributed by atoms with E-state index < -0.39 is 0 Å². The molecule has 834 valence electrons. The highest BCUT2D eigenvalue weighted by Crippen LogP contribution is 2.79. The first-order chi connectivity index (χ1) is 66.0. The number of hydrogen-bond acceptors (Lipinski definition) is 4.